The minimum absolute atomic E-state index is 0.136. The molecular formula is C13H17FN2O. The van der Waals surface area contributed by atoms with Crippen LogP contribution in [0.5, 0.6) is 0 Å². The number of nitrogens with one attached hydrogen (secondary N) is 2. The zero-order valence-electron chi connectivity index (χ0n) is 9.92. The number of halogens is 1. The summed E-state index contributed by atoms with van der Waals surface area (Å²) < 4.78 is 13.4. The van der Waals surface area contributed by atoms with Crippen LogP contribution < -0.4 is 10.6 Å². The Morgan fingerprint density at radius 2 is 2.29 bits per heavy atom. The minimum atomic E-state index is -0.526. The number of carbonyl (C=O) groups is 1. The average molecular weight is 236 g/mol. The molecule has 4 heteroatoms. The zero-order valence-corrected chi connectivity index (χ0v) is 9.92. The molecule has 1 aliphatic heterocycles. The number of hydrogen-bond acceptors (Lipinski definition) is 2. The highest BCUT2D eigenvalue weighted by atomic mass is 19.1. The highest BCUT2D eigenvalue weighted by Gasteiger charge is 2.39. The van der Waals surface area contributed by atoms with E-state index >= 15 is 0 Å². The Hall–Kier alpha value is -1.42. The SMILES string of the molecule is CCC1(C(=O)Nc2ccccc2F)CCCN1. The van der Waals surface area contributed by atoms with Gasteiger partial charge in [-0.2, -0.15) is 0 Å². The maximum absolute atomic E-state index is 13.4. The summed E-state index contributed by atoms with van der Waals surface area (Å²) in [5.41, 5.74) is -0.276. The fourth-order valence-electron chi connectivity index (χ4n) is 2.27. The Balaban J connectivity index is 2.14. The first kappa shape index (κ1) is 12.0. The molecule has 0 saturated carbocycles. The van der Waals surface area contributed by atoms with Crippen LogP contribution in [0.15, 0.2) is 24.3 Å². The van der Waals surface area contributed by atoms with Crippen LogP contribution in [0, 0.1) is 5.82 Å². The van der Waals surface area contributed by atoms with Gasteiger partial charge in [0.2, 0.25) is 5.91 Å². The van der Waals surface area contributed by atoms with Crippen molar-refractivity contribution in [3.05, 3.63) is 30.1 Å². The van der Waals surface area contributed by atoms with Crippen LogP contribution in [0.4, 0.5) is 10.1 Å². The Bertz CT molecular complexity index is 414. The quantitative estimate of drug-likeness (QED) is 0.845. The second-order valence-electron chi connectivity index (χ2n) is 4.40. The number of benzene rings is 1. The van der Waals surface area contributed by atoms with E-state index in [0.717, 1.165) is 19.4 Å². The monoisotopic (exact) mass is 236 g/mol. The number of anilines is 1. The van der Waals surface area contributed by atoms with E-state index in [0.29, 0.717) is 6.42 Å². The van der Waals surface area contributed by atoms with Crippen LogP contribution >= 0.6 is 0 Å². The molecule has 1 unspecified atom stereocenters. The van der Waals surface area contributed by atoms with Gasteiger partial charge in [-0.1, -0.05) is 19.1 Å². The molecular weight excluding hydrogens is 219 g/mol. The summed E-state index contributed by atoms with van der Waals surface area (Å²) in [4.78, 5) is 12.2. The van der Waals surface area contributed by atoms with Gasteiger partial charge in [-0.3, -0.25) is 4.79 Å². The molecule has 0 bridgehead atoms. The molecule has 2 rings (SSSR count). The molecule has 1 aromatic rings. The van der Waals surface area contributed by atoms with E-state index in [4.69, 9.17) is 0 Å². The van der Waals surface area contributed by atoms with E-state index in [1.54, 1.807) is 18.2 Å². The van der Waals surface area contributed by atoms with E-state index in [2.05, 4.69) is 10.6 Å². The number of para-hydroxylation sites is 1. The van der Waals surface area contributed by atoms with Crippen LogP contribution in [0.2, 0.25) is 0 Å². The lowest BCUT2D eigenvalue weighted by Crippen LogP contribution is -2.50. The summed E-state index contributed by atoms with van der Waals surface area (Å²) in [6, 6.07) is 6.23. The van der Waals surface area contributed by atoms with Crippen molar-refractivity contribution in [1.29, 1.82) is 0 Å². The topological polar surface area (TPSA) is 41.1 Å². The third-order valence-electron chi connectivity index (χ3n) is 3.40. The largest absolute Gasteiger partial charge is 0.322 e. The van der Waals surface area contributed by atoms with Crippen LogP contribution in [0.3, 0.4) is 0 Å². The Morgan fingerprint density at radius 3 is 2.88 bits per heavy atom. The average Bonchev–Trinajstić information content (AvgIpc) is 2.82. The van der Waals surface area contributed by atoms with E-state index in [1.807, 2.05) is 6.92 Å². The van der Waals surface area contributed by atoms with E-state index < -0.39 is 11.4 Å². The van der Waals surface area contributed by atoms with Gasteiger partial charge < -0.3 is 10.6 Å². The predicted octanol–water partition coefficient (Wildman–Crippen LogP) is 2.30. The predicted molar refractivity (Wildman–Crippen MR) is 65.3 cm³/mol. The fourth-order valence-corrected chi connectivity index (χ4v) is 2.27. The second kappa shape index (κ2) is 4.84. The third-order valence-corrected chi connectivity index (χ3v) is 3.40. The molecule has 1 fully saturated rings. The minimum Gasteiger partial charge on any atom is -0.322 e. The first-order chi connectivity index (χ1) is 8.18. The molecule has 0 spiro atoms. The van der Waals surface area contributed by atoms with Crippen molar-refractivity contribution in [3.63, 3.8) is 0 Å². The van der Waals surface area contributed by atoms with Gasteiger partial charge in [0.05, 0.1) is 11.2 Å². The molecule has 3 nitrogen and oxygen atoms in total. The molecule has 0 aromatic heterocycles. The van der Waals surface area contributed by atoms with Crippen LogP contribution in [0.1, 0.15) is 26.2 Å². The van der Waals surface area contributed by atoms with Gasteiger partial charge in [-0.25, -0.2) is 4.39 Å². The molecule has 1 heterocycles. The van der Waals surface area contributed by atoms with Crippen LogP contribution in [-0.4, -0.2) is 18.0 Å². The van der Waals surface area contributed by atoms with E-state index in [1.165, 1.54) is 6.07 Å². The molecule has 1 atom stereocenters. The Labute approximate surface area is 100 Å². The summed E-state index contributed by atoms with van der Waals surface area (Å²) in [5.74, 6) is -0.535. The fraction of sp³-hybridized carbons (Fsp3) is 0.462. The molecule has 1 aliphatic rings. The normalized spacial score (nSPS) is 23.6. The number of amides is 1. The highest BCUT2D eigenvalue weighted by Crippen LogP contribution is 2.25. The van der Waals surface area contributed by atoms with Crippen molar-refractivity contribution in [2.24, 2.45) is 0 Å². The number of hydrogen-bond donors (Lipinski definition) is 2. The van der Waals surface area contributed by atoms with E-state index in [9.17, 15) is 9.18 Å². The van der Waals surface area contributed by atoms with Crippen LogP contribution in [-0.2, 0) is 4.79 Å². The lowest BCUT2D eigenvalue weighted by molar-refractivity contribution is -0.122. The van der Waals surface area contributed by atoms with Crippen molar-refractivity contribution in [2.45, 2.75) is 31.7 Å². The molecule has 1 amide bonds. The summed E-state index contributed by atoms with van der Waals surface area (Å²) in [6.45, 7) is 2.82. The molecule has 0 radical (unpaired) electrons. The molecule has 17 heavy (non-hydrogen) atoms. The van der Waals surface area contributed by atoms with Gasteiger partial charge in [-0.05, 0) is 37.9 Å². The molecule has 0 aliphatic carbocycles. The maximum atomic E-state index is 13.4. The van der Waals surface area contributed by atoms with Gasteiger partial charge in [0.1, 0.15) is 5.82 Å². The summed E-state index contributed by atoms with van der Waals surface area (Å²) in [7, 11) is 0. The molecule has 92 valence electrons. The van der Waals surface area contributed by atoms with Crippen molar-refractivity contribution < 1.29 is 9.18 Å². The Kier molecular flexibility index (Phi) is 3.43. The standard InChI is InChI=1S/C13H17FN2O/c1-2-13(8-5-9-15-13)12(17)16-11-7-4-3-6-10(11)14/h3-4,6-7,15H,2,5,8-9H2,1H3,(H,16,17). The van der Waals surface area contributed by atoms with Gasteiger partial charge in [0.15, 0.2) is 0 Å². The van der Waals surface area contributed by atoms with Crippen molar-refractivity contribution in [2.75, 3.05) is 11.9 Å². The highest BCUT2D eigenvalue weighted by molar-refractivity contribution is 5.98. The van der Waals surface area contributed by atoms with Crippen LogP contribution in [0.25, 0.3) is 0 Å². The number of rotatable bonds is 3. The summed E-state index contributed by atoms with van der Waals surface area (Å²) in [5, 5.41) is 5.89. The zero-order chi connectivity index (χ0) is 12.3. The van der Waals surface area contributed by atoms with Crippen molar-refractivity contribution in [1.82, 2.24) is 5.32 Å². The Morgan fingerprint density at radius 1 is 1.53 bits per heavy atom. The number of carbonyl (C=O) groups excluding carboxylic acids is 1. The van der Waals surface area contributed by atoms with E-state index in [-0.39, 0.29) is 11.6 Å². The second-order valence-corrected chi connectivity index (χ2v) is 4.40. The lowest BCUT2D eigenvalue weighted by Gasteiger charge is -2.26. The summed E-state index contributed by atoms with van der Waals surface area (Å²) >= 11 is 0. The lowest BCUT2D eigenvalue weighted by atomic mass is 9.93. The first-order valence-corrected chi connectivity index (χ1v) is 5.99. The molecule has 1 aromatic carbocycles. The molecule has 1 saturated heterocycles. The van der Waals surface area contributed by atoms with Gasteiger partial charge in [0, 0.05) is 0 Å². The molecule has 2 N–H and O–H groups in total. The van der Waals surface area contributed by atoms with Crippen molar-refractivity contribution >= 4 is 11.6 Å². The van der Waals surface area contributed by atoms with Gasteiger partial charge in [-0.15, -0.1) is 0 Å². The van der Waals surface area contributed by atoms with Gasteiger partial charge >= 0.3 is 0 Å². The van der Waals surface area contributed by atoms with Gasteiger partial charge in [0.25, 0.3) is 0 Å². The smallest absolute Gasteiger partial charge is 0.244 e. The summed E-state index contributed by atoms with van der Waals surface area (Å²) in [6.07, 6.45) is 2.51. The van der Waals surface area contributed by atoms with Crippen molar-refractivity contribution in [3.8, 4) is 0 Å². The maximum Gasteiger partial charge on any atom is 0.244 e. The third kappa shape index (κ3) is 2.31. The first-order valence-electron chi connectivity index (χ1n) is 5.99.